The molecule has 70 heavy (non-hydrogen) atoms. The van der Waals surface area contributed by atoms with Gasteiger partial charge >= 0.3 is 0 Å². The minimum atomic E-state index is -0.308. The molecule has 11 aromatic rings. The van der Waals surface area contributed by atoms with Gasteiger partial charge in [-0.3, -0.25) is 0 Å². The topological polar surface area (TPSA) is 29.5 Å². The first kappa shape index (κ1) is 40.3. The monoisotopic (exact) mass is 903 g/mol. The van der Waals surface area contributed by atoms with Gasteiger partial charge in [0.2, 0.25) is 0 Å². The lowest BCUT2D eigenvalue weighted by atomic mass is 9.72. The Hall–Kier alpha value is -7.62. The average Bonchev–Trinajstić information content (AvgIpc) is 4.14. The highest BCUT2D eigenvalue weighted by atomic mass is 16.3. The van der Waals surface area contributed by atoms with E-state index < -0.39 is 0 Å². The second-order valence-electron chi connectivity index (χ2n) is 22.9. The van der Waals surface area contributed by atoms with E-state index in [9.17, 15) is 0 Å². The fourth-order valence-electron chi connectivity index (χ4n) is 14.3. The molecule has 3 nitrogen and oxygen atoms in total. The quantitative estimate of drug-likeness (QED) is 0.177. The molecule has 338 valence electrons. The summed E-state index contributed by atoms with van der Waals surface area (Å²) in [6, 6.07) is 59.2. The minimum absolute atomic E-state index is 0.168. The van der Waals surface area contributed by atoms with Gasteiger partial charge in [-0.05, 0) is 163 Å². The van der Waals surface area contributed by atoms with E-state index in [0.29, 0.717) is 0 Å². The first-order valence-corrected chi connectivity index (χ1v) is 25.1. The van der Waals surface area contributed by atoms with Crippen molar-refractivity contribution in [3.8, 4) is 44.5 Å². The summed E-state index contributed by atoms with van der Waals surface area (Å²) in [6.07, 6.45) is 0. The molecule has 0 N–H and O–H groups in total. The van der Waals surface area contributed by atoms with Gasteiger partial charge in [0.1, 0.15) is 22.3 Å². The number of furan rings is 2. The third-order valence-corrected chi connectivity index (χ3v) is 17.6. The number of para-hydroxylation sites is 2. The van der Waals surface area contributed by atoms with Gasteiger partial charge in [0.25, 0.3) is 0 Å². The van der Waals surface area contributed by atoms with E-state index >= 15 is 0 Å². The fourth-order valence-corrected chi connectivity index (χ4v) is 14.3. The van der Waals surface area contributed by atoms with Crippen LogP contribution in [0.3, 0.4) is 0 Å². The molecule has 0 spiro atoms. The van der Waals surface area contributed by atoms with Crippen LogP contribution < -0.4 is 4.90 Å². The molecular formula is C67H53NO2. The molecule has 3 heteroatoms. The highest BCUT2D eigenvalue weighted by molar-refractivity contribution is 6.21. The van der Waals surface area contributed by atoms with E-state index in [0.717, 1.165) is 39.4 Å². The van der Waals surface area contributed by atoms with Gasteiger partial charge < -0.3 is 13.7 Å². The number of fused-ring (bicyclic) bond motifs is 22. The molecule has 0 radical (unpaired) electrons. The number of nitrogens with zero attached hydrogens (tertiary/aromatic N) is 1. The molecule has 0 unspecified atom stereocenters. The van der Waals surface area contributed by atoms with Gasteiger partial charge in [-0.25, -0.2) is 0 Å². The van der Waals surface area contributed by atoms with Crippen molar-refractivity contribution >= 4 is 60.9 Å². The molecule has 0 fully saturated rings. The van der Waals surface area contributed by atoms with Crippen molar-refractivity contribution in [3.05, 3.63) is 208 Å². The summed E-state index contributed by atoms with van der Waals surface area (Å²) < 4.78 is 13.5. The lowest BCUT2D eigenvalue weighted by Crippen LogP contribution is -2.24. The van der Waals surface area contributed by atoms with Gasteiger partial charge in [-0.15, -0.1) is 0 Å². The molecule has 4 aliphatic carbocycles. The highest BCUT2D eigenvalue weighted by Crippen LogP contribution is 2.64. The first-order chi connectivity index (χ1) is 33.7. The zero-order valence-electron chi connectivity index (χ0n) is 41.3. The third kappa shape index (κ3) is 4.81. The summed E-state index contributed by atoms with van der Waals surface area (Å²) in [5, 5.41) is 4.82. The molecule has 9 aromatic carbocycles. The molecule has 0 bridgehead atoms. The third-order valence-electron chi connectivity index (χ3n) is 17.6. The Morgan fingerprint density at radius 2 is 0.900 bits per heavy atom. The Bertz CT molecular complexity index is 4200. The summed E-state index contributed by atoms with van der Waals surface area (Å²) in [6.45, 7) is 21.6. The number of aryl methyl sites for hydroxylation is 1. The van der Waals surface area contributed by atoms with Crippen molar-refractivity contribution in [1.29, 1.82) is 0 Å². The van der Waals surface area contributed by atoms with Gasteiger partial charge in [0.05, 0.1) is 0 Å². The molecule has 15 rings (SSSR count). The van der Waals surface area contributed by atoms with Crippen LogP contribution in [-0.2, 0) is 21.7 Å². The molecule has 0 aliphatic heterocycles. The molecular weight excluding hydrogens is 851 g/mol. The summed E-state index contributed by atoms with van der Waals surface area (Å²) >= 11 is 0. The molecule has 0 saturated carbocycles. The lowest BCUT2D eigenvalue weighted by molar-refractivity contribution is 0.600. The molecule has 2 heterocycles. The van der Waals surface area contributed by atoms with Gasteiger partial charge in [0, 0.05) is 65.8 Å². The smallest absolute Gasteiger partial charge is 0.144 e. The number of anilines is 3. The van der Waals surface area contributed by atoms with Crippen LogP contribution in [0.15, 0.2) is 167 Å². The second kappa shape index (κ2) is 13.0. The van der Waals surface area contributed by atoms with Gasteiger partial charge in [-0.2, -0.15) is 0 Å². The maximum Gasteiger partial charge on any atom is 0.144 e. The molecule has 0 atom stereocenters. The van der Waals surface area contributed by atoms with Crippen LogP contribution in [0.25, 0.3) is 88.4 Å². The van der Waals surface area contributed by atoms with E-state index in [4.69, 9.17) is 8.83 Å². The largest absolute Gasteiger partial charge is 0.456 e. The van der Waals surface area contributed by atoms with Crippen LogP contribution >= 0.6 is 0 Å². The van der Waals surface area contributed by atoms with Crippen LogP contribution in [0.5, 0.6) is 0 Å². The standard InChI is InChI=1S/C67H53NO2/c1-36-17-16-18-37(31-36)68(38-25-27-40-45-34-52-46(35-51(45)65(4,5)49(40)32-38)56-48(64(52,2)3)29-30-55-57(56)43-20-11-14-23-53(43)69-55)39-26-28-42-50(33-39)67(8,9)61-58(42)59-44-21-12-15-24-54(44)70-63(59)60-41-19-10-13-22-47(41)66(6,7)62(60)61/h10-35H,1-9H3. The Kier molecular flexibility index (Phi) is 7.46. The van der Waals surface area contributed by atoms with Crippen molar-refractivity contribution in [2.24, 2.45) is 0 Å². The zero-order chi connectivity index (χ0) is 47.5. The van der Waals surface area contributed by atoms with Gasteiger partial charge in [0.15, 0.2) is 0 Å². The minimum Gasteiger partial charge on any atom is -0.456 e. The second-order valence-corrected chi connectivity index (χ2v) is 22.9. The summed E-state index contributed by atoms with van der Waals surface area (Å²) in [4.78, 5) is 2.50. The normalized spacial score (nSPS) is 16.5. The van der Waals surface area contributed by atoms with E-state index in [1.165, 1.54) is 116 Å². The maximum atomic E-state index is 6.98. The molecule has 2 aromatic heterocycles. The average molecular weight is 904 g/mol. The van der Waals surface area contributed by atoms with Crippen molar-refractivity contribution in [2.45, 2.75) is 84.0 Å². The number of hydrogen-bond acceptors (Lipinski definition) is 3. The predicted molar refractivity (Wildman–Crippen MR) is 291 cm³/mol. The van der Waals surface area contributed by atoms with Crippen LogP contribution in [0.2, 0.25) is 0 Å². The zero-order valence-corrected chi connectivity index (χ0v) is 41.3. The van der Waals surface area contributed by atoms with E-state index in [1.807, 2.05) is 0 Å². The van der Waals surface area contributed by atoms with Crippen molar-refractivity contribution in [2.75, 3.05) is 4.90 Å². The van der Waals surface area contributed by atoms with E-state index in [1.54, 1.807) is 0 Å². The Morgan fingerprint density at radius 3 is 1.66 bits per heavy atom. The van der Waals surface area contributed by atoms with Crippen molar-refractivity contribution in [3.63, 3.8) is 0 Å². The predicted octanol–water partition coefficient (Wildman–Crippen LogP) is 18.5. The molecule has 0 saturated heterocycles. The van der Waals surface area contributed by atoms with Crippen LogP contribution in [-0.4, -0.2) is 0 Å². The molecule has 0 amide bonds. The highest BCUT2D eigenvalue weighted by Gasteiger charge is 2.49. The number of benzene rings is 9. The summed E-state index contributed by atoms with van der Waals surface area (Å²) in [7, 11) is 0. The van der Waals surface area contributed by atoms with Crippen LogP contribution in [0, 0.1) is 6.92 Å². The van der Waals surface area contributed by atoms with Crippen molar-refractivity contribution < 1.29 is 8.83 Å². The SMILES string of the molecule is Cc1cccc(N(c2ccc3c(c2)C(C)(C)c2cc4c(cc2-3)C(C)(C)c2ccc3oc5ccccc5c3c2-4)c2ccc3c(c2)C(C)(C)c2c4c(c5oc6ccccc6c5c2-3)-c2ccccc2C4(C)C)c1. The van der Waals surface area contributed by atoms with E-state index in [-0.39, 0.29) is 21.7 Å². The Labute approximate surface area is 409 Å². The van der Waals surface area contributed by atoms with Crippen LogP contribution in [0.4, 0.5) is 17.1 Å². The lowest BCUT2D eigenvalue weighted by Gasteiger charge is -2.32. The Morgan fingerprint density at radius 1 is 0.343 bits per heavy atom. The summed E-state index contributed by atoms with van der Waals surface area (Å²) in [5.41, 5.74) is 29.1. The number of rotatable bonds is 3. The maximum absolute atomic E-state index is 6.98. The van der Waals surface area contributed by atoms with Gasteiger partial charge in [-0.1, -0.05) is 146 Å². The Balaban J connectivity index is 0.914. The number of hydrogen-bond donors (Lipinski definition) is 0. The van der Waals surface area contributed by atoms with Crippen molar-refractivity contribution in [1.82, 2.24) is 0 Å². The van der Waals surface area contributed by atoms with Crippen LogP contribution in [0.1, 0.15) is 105 Å². The van der Waals surface area contributed by atoms with E-state index in [2.05, 4.69) is 225 Å². The molecule has 4 aliphatic rings. The fraction of sp³-hybridized carbons (Fsp3) is 0.194. The summed E-state index contributed by atoms with van der Waals surface area (Å²) in [5.74, 6) is 0. The first-order valence-electron chi connectivity index (χ1n) is 25.1.